The second-order valence-corrected chi connectivity index (χ2v) is 9.85. The largest absolute Gasteiger partial charge is 0.503 e. The van der Waals surface area contributed by atoms with Crippen LogP contribution in [-0.2, 0) is 4.79 Å². The number of aryl methyl sites for hydroxylation is 2. The van der Waals surface area contributed by atoms with Crippen LogP contribution < -0.4 is 9.64 Å². The monoisotopic (exact) mass is 502 g/mol. The molecule has 1 unspecified atom stereocenters. The van der Waals surface area contributed by atoms with Gasteiger partial charge in [-0.1, -0.05) is 42.9 Å². The maximum atomic E-state index is 13.4. The van der Waals surface area contributed by atoms with Crippen molar-refractivity contribution in [3.8, 4) is 5.75 Å². The number of thiazole rings is 1. The summed E-state index contributed by atoms with van der Waals surface area (Å²) in [6.45, 7) is 6.69. The van der Waals surface area contributed by atoms with Crippen LogP contribution in [0.25, 0.3) is 10.2 Å². The van der Waals surface area contributed by atoms with Crippen molar-refractivity contribution in [1.29, 1.82) is 0 Å². The summed E-state index contributed by atoms with van der Waals surface area (Å²) in [7, 11) is 0. The van der Waals surface area contributed by atoms with Gasteiger partial charge in [0.1, 0.15) is 5.75 Å². The van der Waals surface area contributed by atoms with Crippen LogP contribution in [0.1, 0.15) is 53.1 Å². The first-order valence-corrected chi connectivity index (χ1v) is 12.7. The molecule has 0 saturated carbocycles. The van der Waals surface area contributed by atoms with Crippen molar-refractivity contribution in [2.24, 2.45) is 0 Å². The zero-order valence-electron chi connectivity index (χ0n) is 20.3. The Labute approximate surface area is 212 Å². The number of Topliss-reactive ketones (excluding diaryl/α,β-unsaturated/α-hetero) is 1. The summed E-state index contributed by atoms with van der Waals surface area (Å²) in [6, 6.07) is 13.5. The number of hydrogen-bond donors (Lipinski definition) is 1. The number of aliphatic hydroxyl groups excluding tert-OH is 1. The van der Waals surface area contributed by atoms with Crippen LogP contribution in [0, 0.1) is 13.8 Å². The van der Waals surface area contributed by atoms with Crippen molar-refractivity contribution < 1.29 is 23.8 Å². The summed E-state index contributed by atoms with van der Waals surface area (Å²) < 4.78 is 12.0. The molecule has 7 nitrogen and oxygen atoms in total. The summed E-state index contributed by atoms with van der Waals surface area (Å²) in [6.07, 6.45) is 3.36. The molecule has 0 aliphatic carbocycles. The summed E-state index contributed by atoms with van der Waals surface area (Å²) in [4.78, 5) is 33.0. The lowest BCUT2D eigenvalue weighted by molar-refractivity contribution is -0.117. The summed E-state index contributed by atoms with van der Waals surface area (Å²) in [5.74, 6) is -1.08. The van der Waals surface area contributed by atoms with Gasteiger partial charge in [0.05, 0.1) is 34.7 Å². The van der Waals surface area contributed by atoms with Crippen molar-refractivity contribution in [3.63, 3.8) is 0 Å². The number of benzene rings is 2. The maximum Gasteiger partial charge on any atom is 0.296 e. The van der Waals surface area contributed by atoms with Crippen LogP contribution in [0.2, 0.25) is 0 Å². The molecular weight excluding hydrogens is 476 g/mol. The number of anilines is 1. The minimum absolute atomic E-state index is 0.0400. The summed E-state index contributed by atoms with van der Waals surface area (Å²) >= 11 is 1.35. The molecule has 1 aliphatic rings. The number of furan rings is 1. The van der Waals surface area contributed by atoms with Gasteiger partial charge in [0.15, 0.2) is 16.7 Å². The van der Waals surface area contributed by atoms with E-state index in [1.54, 1.807) is 6.07 Å². The van der Waals surface area contributed by atoms with Gasteiger partial charge in [0.25, 0.3) is 5.91 Å². The Hall–Kier alpha value is -3.91. The fraction of sp³-hybridized carbons (Fsp3) is 0.250. The first-order chi connectivity index (χ1) is 17.4. The Balaban J connectivity index is 1.60. The van der Waals surface area contributed by atoms with E-state index in [4.69, 9.17) is 14.1 Å². The zero-order valence-corrected chi connectivity index (χ0v) is 21.1. The van der Waals surface area contributed by atoms with Gasteiger partial charge in [-0.25, -0.2) is 4.98 Å². The molecule has 0 saturated heterocycles. The predicted molar refractivity (Wildman–Crippen MR) is 139 cm³/mol. The lowest BCUT2D eigenvalue weighted by Crippen LogP contribution is -2.30. The molecule has 4 aromatic rings. The van der Waals surface area contributed by atoms with Crippen LogP contribution in [0.4, 0.5) is 5.13 Å². The highest BCUT2D eigenvalue weighted by atomic mass is 32.1. The molecule has 1 aliphatic heterocycles. The number of amides is 1. The summed E-state index contributed by atoms with van der Waals surface area (Å²) in [5.41, 5.74) is 3.48. The summed E-state index contributed by atoms with van der Waals surface area (Å²) in [5, 5.41) is 11.3. The standard InChI is InChI=1S/C28H26N2O5S/c1-4-5-12-34-19-10-8-18(9-11-19)24-22(25(31)20-7-6-13-35-20)26(32)27(33)30(24)28-29-23-17(3)14-16(2)15-21(23)36-28/h6-11,13-15,24,32H,4-5,12H2,1-3H3. The van der Waals surface area contributed by atoms with Crippen LogP contribution in [0.3, 0.4) is 0 Å². The number of nitrogens with zero attached hydrogens (tertiary/aromatic N) is 2. The molecule has 0 radical (unpaired) electrons. The van der Waals surface area contributed by atoms with Gasteiger partial charge in [0.2, 0.25) is 5.78 Å². The minimum atomic E-state index is -0.873. The fourth-order valence-corrected chi connectivity index (χ4v) is 5.60. The van der Waals surface area contributed by atoms with E-state index in [0.717, 1.165) is 34.2 Å². The van der Waals surface area contributed by atoms with Crippen LogP contribution in [-0.4, -0.2) is 28.4 Å². The lowest BCUT2D eigenvalue weighted by atomic mass is 9.95. The molecule has 184 valence electrons. The fourth-order valence-electron chi connectivity index (χ4n) is 4.43. The number of ether oxygens (including phenoxy) is 1. The van der Waals surface area contributed by atoms with Crippen molar-refractivity contribution >= 4 is 38.4 Å². The SMILES string of the molecule is CCCCOc1ccc(C2C(C(=O)c3ccco3)=C(O)C(=O)N2c2nc3c(C)cc(C)cc3s2)cc1. The van der Waals surface area contributed by atoms with Gasteiger partial charge in [-0.05, 0) is 67.3 Å². The van der Waals surface area contributed by atoms with Crippen molar-refractivity contribution in [3.05, 3.63) is 88.6 Å². The first-order valence-electron chi connectivity index (χ1n) is 11.8. The van der Waals surface area contributed by atoms with Crippen molar-refractivity contribution in [1.82, 2.24) is 4.98 Å². The zero-order chi connectivity index (χ0) is 25.4. The molecule has 5 rings (SSSR count). The topological polar surface area (TPSA) is 92.9 Å². The Kier molecular flexibility index (Phi) is 6.36. The van der Waals surface area contributed by atoms with E-state index >= 15 is 0 Å². The van der Waals surface area contributed by atoms with E-state index in [-0.39, 0.29) is 11.3 Å². The van der Waals surface area contributed by atoms with Gasteiger partial charge in [0, 0.05) is 0 Å². The van der Waals surface area contributed by atoms with Gasteiger partial charge in [-0.15, -0.1) is 0 Å². The maximum absolute atomic E-state index is 13.4. The molecule has 36 heavy (non-hydrogen) atoms. The second kappa shape index (κ2) is 9.62. The van der Waals surface area contributed by atoms with E-state index < -0.39 is 23.5 Å². The molecule has 1 amide bonds. The van der Waals surface area contributed by atoms with E-state index in [9.17, 15) is 14.7 Å². The Bertz CT molecular complexity index is 1470. The molecule has 2 aromatic carbocycles. The number of carbonyl (C=O) groups excluding carboxylic acids is 2. The molecule has 0 fully saturated rings. The van der Waals surface area contributed by atoms with Crippen LogP contribution >= 0.6 is 11.3 Å². The molecule has 1 atom stereocenters. The Morgan fingerprint density at radius 2 is 1.97 bits per heavy atom. The first kappa shape index (κ1) is 23.8. The highest BCUT2D eigenvalue weighted by molar-refractivity contribution is 7.22. The molecular formula is C28H26N2O5S. The Morgan fingerprint density at radius 1 is 1.19 bits per heavy atom. The predicted octanol–water partition coefficient (Wildman–Crippen LogP) is 6.47. The third-order valence-electron chi connectivity index (χ3n) is 6.18. The highest BCUT2D eigenvalue weighted by Crippen LogP contribution is 2.44. The minimum Gasteiger partial charge on any atom is -0.503 e. The Morgan fingerprint density at radius 3 is 2.67 bits per heavy atom. The number of carbonyl (C=O) groups is 2. The van der Waals surface area contributed by atoms with Gasteiger partial charge < -0.3 is 14.3 Å². The third-order valence-corrected chi connectivity index (χ3v) is 7.19. The van der Waals surface area contributed by atoms with E-state index in [1.165, 1.54) is 28.6 Å². The smallest absolute Gasteiger partial charge is 0.296 e. The normalized spacial score (nSPS) is 15.8. The molecule has 1 N–H and O–H groups in total. The number of aromatic nitrogens is 1. The third kappa shape index (κ3) is 4.18. The van der Waals surface area contributed by atoms with Gasteiger partial charge in [-0.3, -0.25) is 14.5 Å². The van der Waals surface area contributed by atoms with E-state index in [1.807, 2.05) is 50.2 Å². The quantitative estimate of drug-likeness (QED) is 0.219. The number of ketones is 1. The van der Waals surface area contributed by atoms with E-state index in [2.05, 4.69) is 6.92 Å². The molecule has 3 heterocycles. The molecule has 2 aromatic heterocycles. The van der Waals surface area contributed by atoms with Crippen LogP contribution in [0.5, 0.6) is 5.75 Å². The molecule has 0 spiro atoms. The second-order valence-electron chi connectivity index (χ2n) is 8.84. The van der Waals surface area contributed by atoms with Crippen LogP contribution in [0.15, 0.2) is 70.5 Å². The average Bonchev–Trinajstić information content (AvgIpc) is 3.59. The van der Waals surface area contributed by atoms with E-state index in [0.29, 0.717) is 23.1 Å². The number of unbranched alkanes of at least 4 members (excludes halogenated alkanes) is 1. The molecule has 8 heteroatoms. The number of rotatable bonds is 8. The van der Waals surface area contributed by atoms with Crippen molar-refractivity contribution in [2.75, 3.05) is 11.5 Å². The average molecular weight is 503 g/mol. The number of hydrogen-bond acceptors (Lipinski definition) is 7. The molecule has 0 bridgehead atoms. The number of aliphatic hydroxyl groups is 1. The van der Waals surface area contributed by atoms with Gasteiger partial charge >= 0.3 is 0 Å². The van der Waals surface area contributed by atoms with Crippen molar-refractivity contribution in [2.45, 2.75) is 39.7 Å². The highest BCUT2D eigenvalue weighted by Gasteiger charge is 2.46. The van der Waals surface area contributed by atoms with Gasteiger partial charge in [-0.2, -0.15) is 0 Å². The lowest BCUT2D eigenvalue weighted by Gasteiger charge is -2.24. The number of fused-ring (bicyclic) bond motifs is 1.